The fraction of sp³-hybridized carbons (Fsp3) is 0.562. The molecule has 0 bridgehead atoms. The molecule has 1 rings (SSSR count). The van der Waals surface area contributed by atoms with Gasteiger partial charge in [0.05, 0.1) is 6.61 Å². The normalized spacial score (nSPS) is 11.1. The Morgan fingerprint density at radius 2 is 2.10 bits per heavy atom. The lowest BCUT2D eigenvalue weighted by Gasteiger charge is -2.27. The third-order valence-electron chi connectivity index (χ3n) is 3.32. The Balaban J connectivity index is 2.74. The number of carboxylic acid groups (broad SMARTS) is 1. The van der Waals surface area contributed by atoms with Crippen molar-refractivity contribution < 1.29 is 19.7 Å². The van der Waals surface area contributed by atoms with Gasteiger partial charge in [-0.1, -0.05) is 12.1 Å². The van der Waals surface area contributed by atoms with E-state index in [-0.39, 0.29) is 18.2 Å². The maximum atomic E-state index is 10.6. The molecule has 0 heterocycles. The second kappa shape index (κ2) is 8.52. The zero-order valence-corrected chi connectivity index (χ0v) is 13.0. The number of nitrogens with zero attached hydrogens (tertiary/aromatic N) is 1. The van der Waals surface area contributed by atoms with Gasteiger partial charge in [0, 0.05) is 24.6 Å². The lowest BCUT2D eigenvalue weighted by molar-refractivity contribution is -0.137. The number of benzene rings is 1. The predicted octanol–water partition coefficient (Wildman–Crippen LogP) is 2.87. The first-order chi connectivity index (χ1) is 9.95. The predicted molar refractivity (Wildman–Crippen MR) is 81.7 cm³/mol. The molecule has 5 nitrogen and oxygen atoms in total. The molecular weight excluding hydrogens is 270 g/mol. The molecule has 0 unspecified atom stereocenters. The minimum atomic E-state index is -0.778. The number of phenolic OH excluding ortho intramolecular Hbond substituents is 1. The van der Waals surface area contributed by atoms with Crippen LogP contribution in [0.3, 0.4) is 0 Å². The summed E-state index contributed by atoms with van der Waals surface area (Å²) in [5.74, 6) is -0.118. The van der Waals surface area contributed by atoms with Crippen molar-refractivity contribution in [3.63, 3.8) is 0 Å². The molecule has 0 radical (unpaired) electrons. The zero-order chi connectivity index (χ0) is 15.8. The van der Waals surface area contributed by atoms with Crippen molar-refractivity contribution in [2.75, 3.05) is 13.2 Å². The van der Waals surface area contributed by atoms with Crippen LogP contribution in [0.5, 0.6) is 11.5 Å². The minimum Gasteiger partial charge on any atom is -0.504 e. The molecule has 0 amide bonds. The summed E-state index contributed by atoms with van der Waals surface area (Å²) in [6.07, 6.45) is 0.758. The van der Waals surface area contributed by atoms with Gasteiger partial charge in [-0.05, 0) is 39.8 Å². The summed E-state index contributed by atoms with van der Waals surface area (Å²) in [7, 11) is 0. The van der Waals surface area contributed by atoms with Gasteiger partial charge in [0.15, 0.2) is 11.5 Å². The molecule has 0 aromatic heterocycles. The van der Waals surface area contributed by atoms with Gasteiger partial charge in [-0.2, -0.15) is 0 Å². The van der Waals surface area contributed by atoms with Gasteiger partial charge in [0.2, 0.25) is 0 Å². The topological polar surface area (TPSA) is 70.0 Å². The van der Waals surface area contributed by atoms with E-state index >= 15 is 0 Å². The van der Waals surface area contributed by atoms with Crippen LogP contribution in [0.4, 0.5) is 0 Å². The number of hydrogen-bond acceptors (Lipinski definition) is 4. The zero-order valence-electron chi connectivity index (χ0n) is 13.0. The van der Waals surface area contributed by atoms with Crippen LogP contribution < -0.4 is 4.74 Å². The number of aromatic hydroxyl groups is 1. The smallest absolute Gasteiger partial charge is 0.303 e. The third-order valence-corrected chi connectivity index (χ3v) is 3.32. The minimum absolute atomic E-state index is 0.161. The highest BCUT2D eigenvalue weighted by atomic mass is 16.5. The summed E-state index contributed by atoms with van der Waals surface area (Å²) >= 11 is 0. The van der Waals surface area contributed by atoms with E-state index in [1.165, 1.54) is 0 Å². The van der Waals surface area contributed by atoms with Crippen LogP contribution in [0, 0.1) is 0 Å². The van der Waals surface area contributed by atoms with E-state index in [2.05, 4.69) is 18.7 Å². The number of phenols is 1. The Morgan fingerprint density at radius 3 is 2.67 bits per heavy atom. The van der Waals surface area contributed by atoms with Gasteiger partial charge in [0.1, 0.15) is 0 Å². The van der Waals surface area contributed by atoms with E-state index in [9.17, 15) is 9.90 Å². The SMILES string of the molecule is CCOc1cccc(CN(CCCC(=O)O)C(C)C)c1O. The number of aliphatic carboxylic acids is 1. The molecule has 118 valence electrons. The molecule has 1 aromatic carbocycles. The van der Waals surface area contributed by atoms with Crippen molar-refractivity contribution in [2.45, 2.75) is 46.2 Å². The van der Waals surface area contributed by atoms with Gasteiger partial charge in [-0.3, -0.25) is 9.69 Å². The standard InChI is InChI=1S/C16H25NO4/c1-4-21-14-8-5-7-13(16(14)20)11-17(12(2)3)10-6-9-15(18)19/h5,7-8,12,20H,4,6,9-11H2,1-3H3,(H,18,19). The molecule has 2 N–H and O–H groups in total. The Kier molecular flexibility index (Phi) is 7.02. The molecule has 5 heteroatoms. The van der Waals surface area contributed by atoms with Crippen LogP contribution >= 0.6 is 0 Å². The van der Waals surface area contributed by atoms with Gasteiger partial charge >= 0.3 is 5.97 Å². The fourth-order valence-corrected chi connectivity index (χ4v) is 2.14. The second-order valence-electron chi connectivity index (χ2n) is 5.26. The van der Waals surface area contributed by atoms with Crippen LogP contribution in [0.2, 0.25) is 0 Å². The summed E-state index contributed by atoms with van der Waals surface area (Å²) in [6, 6.07) is 5.74. The molecule has 0 saturated carbocycles. The van der Waals surface area contributed by atoms with Crippen LogP contribution in [-0.2, 0) is 11.3 Å². The highest BCUT2D eigenvalue weighted by Gasteiger charge is 2.15. The van der Waals surface area contributed by atoms with E-state index < -0.39 is 5.97 Å². The van der Waals surface area contributed by atoms with Crippen LogP contribution in [-0.4, -0.2) is 40.3 Å². The van der Waals surface area contributed by atoms with Crippen molar-refractivity contribution in [1.82, 2.24) is 4.90 Å². The summed E-state index contributed by atoms with van der Waals surface area (Å²) in [5.41, 5.74) is 0.796. The second-order valence-corrected chi connectivity index (χ2v) is 5.26. The van der Waals surface area contributed by atoms with Gasteiger partial charge in [0.25, 0.3) is 0 Å². The van der Waals surface area contributed by atoms with E-state index in [0.29, 0.717) is 31.9 Å². The molecule has 1 aromatic rings. The Hall–Kier alpha value is -1.75. The molecule has 0 fully saturated rings. The number of ether oxygens (including phenoxy) is 1. The van der Waals surface area contributed by atoms with Gasteiger partial charge < -0.3 is 14.9 Å². The van der Waals surface area contributed by atoms with E-state index in [1.54, 1.807) is 6.07 Å². The number of para-hydroxylation sites is 1. The van der Waals surface area contributed by atoms with Crippen LogP contribution in [0.15, 0.2) is 18.2 Å². The first-order valence-electron chi connectivity index (χ1n) is 7.35. The average molecular weight is 295 g/mol. The van der Waals surface area contributed by atoms with Crippen molar-refractivity contribution >= 4 is 5.97 Å². The Bertz CT molecular complexity index is 460. The van der Waals surface area contributed by atoms with Crippen molar-refractivity contribution in [3.05, 3.63) is 23.8 Å². The molecule has 0 atom stereocenters. The number of carboxylic acids is 1. The third kappa shape index (κ3) is 5.63. The summed E-state index contributed by atoms with van der Waals surface area (Å²) in [4.78, 5) is 12.8. The lowest BCUT2D eigenvalue weighted by Crippen LogP contribution is -2.31. The summed E-state index contributed by atoms with van der Waals surface area (Å²) < 4.78 is 5.39. The lowest BCUT2D eigenvalue weighted by atomic mass is 10.1. The first kappa shape index (κ1) is 17.3. The van der Waals surface area contributed by atoms with E-state index in [0.717, 1.165) is 5.56 Å². The maximum absolute atomic E-state index is 10.6. The van der Waals surface area contributed by atoms with Crippen molar-refractivity contribution in [1.29, 1.82) is 0 Å². The quantitative estimate of drug-likeness (QED) is 0.733. The fourth-order valence-electron chi connectivity index (χ4n) is 2.14. The van der Waals surface area contributed by atoms with Crippen molar-refractivity contribution in [2.24, 2.45) is 0 Å². The molecule has 0 aliphatic heterocycles. The Morgan fingerprint density at radius 1 is 1.38 bits per heavy atom. The molecule has 0 spiro atoms. The van der Waals surface area contributed by atoms with E-state index in [1.807, 2.05) is 19.1 Å². The number of hydrogen-bond donors (Lipinski definition) is 2. The van der Waals surface area contributed by atoms with Crippen molar-refractivity contribution in [3.8, 4) is 11.5 Å². The molecule has 0 aliphatic carbocycles. The highest BCUT2D eigenvalue weighted by molar-refractivity contribution is 5.66. The molecular formula is C16H25NO4. The maximum Gasteiger partial charge on any atom is 0.303 e. The van der Waals surface area contributed by atoms with Gasteiger partial charge in [-0.15, -0.1) is 0 Å². The molecule has 0 saturated heterocycles. The molecule has 0 aliphatic rings. The Labute approximate surface area is 126 Å². The number of rotatable bonds is 9. The van der Waals surface area contributed by atoms with Crippen LogP contribution in [0.1, 0.15) is 39.2 Å². The van der Waals surface area contributed by atoms with E-state index in [4.69, 9.17) is 9.84 Å². The summed E-state index contributed by atoms with van der Waals surface area (Å²) in [5, 5.41) is 18.9. The number of carbonyl (C=O) groups is 1. The first-order valence-corrected chi connectivity index (χ1v) is 7.35. The summed E-state index contributed by atoms with van der Waals surface area (Å²) in [6.45, 7) is 7.75. The monoisotopic (exact) mass is 295 g/mol. The van der Waals surface area contributed by atoms with Gasteiger partial charge in [-0.25, -0.2) is 0 Å². The average Bonchev–Trinajstić information content (AvgIpc) is 2.41. The highest BCUT2D eigenvalue weighted by Crippen LogP contribution is 2.31. The van der Waals surface area contributed by atoms with Crippen LogP contribution in [0.25, 0.3) is 0 Å². The molecule has 21 heavy (non-hydrogen) atoms. The largest absolute Gasteiger partial charge is 0.504 e.